The van der Waals surface area contributed by atoms with Crippen LogP contribution in [0.1, 0.15) is 13.8 Å². The molecule has 0 amide bonds. The predicted octanol–water partition coefficient (Wildman–Crippen LogP) is 0.737. The summed E-state index contributed by atoms with van der Waals surface area (Å²) in [7, 11) is 0. The Bertz CT molecular complexity index is 39.1. The average molecular weight is 102 g/mol. The van der Waals surface area contributed by atoms with E-state index < -0.39 is 0 Å². The van der Waals surface area contributed by atoms with Crippen LogP contribution in [0.2, 0.25) is 0 Å². The molecule has 1 atom stereocenters. The SMILES string of the molecule is C[CH]C(C)CON. The summed E-state index contributed by atoms with van der Waals surface area (Å²) in [5, 5.41) is 0. The van der Waals surface area contributed by atoms with Crippen LogP contribution in [0.3, 0.4) is 0 Å². The molecule has 0 aromatic carbocycles. The Kier molecular flexibility index (Phi) is 4.04. The Morgan fingerprint density at radius 3 is 2.57 bits per heavy atom. The maximum atomic E-state index is 4.78. The van der Waals surface area contributed by atoms with Gasteiger partial charge in [0.2, 0.25) is 0 Å². The third-order valence-electron chi connectivity index (χ3n) is 0.928. The van der Waals surface area contributed by atoms with E-state index in [-0.39, 0.29) is 0 Å². The van der Waals surface area contributed by atoms with Crippen molar-refractivity contribution in [1.29, 1.82) is 0 Å². The second-order valence-corrected chi connectivity index (χ2v) is 1.64. The maximum absolute atomic E-state index is 4.78. The van der Waals surface area contributed by atoms with E-state index in [1.807, 2.05) is 20.3 Å². The van der Waals surface area contributed by atoms with Crippen molar-refractivity contribution >= 4 is 0 Å². The zero-order valence-electron chi connectivity index (χ0n) is 4.85. The first-order valence-electron chi connectivity index (χ1n) is 2.42. The lowest BCUT2D eigenvalue weighted by molar-refractivity contribution is 0.116. The van der Waals surface area contributed by atoms with Crippen molar-refractivity contribution in [3.63, 3.8) is 0 Å². The molecular weight excluding hydrogens is 90.1 g/mol. The molecule has 0 fully saturated rings. The molecule has 0 aromatic heterocycles. The summed E-state index contributed by atoms with van der Waals surface area (Å²) in [6, 6.07) is 0. The number of hydrogen-bond acceptors (Lipinski definition) is 2. The Balaban J connectivity index is 2.83. The van der Waals surface area contributed by atoms with Gasteiger partial charge in [-0.15, -0.1) is 0 Å². The second kappa shape index (κ2) is 4.09. The normalized spacial score (nSPS) is 14.1. The zero-order valence-corrected chi connectivity index (χ0v) is 4.85. The Hall–Kier alpha value is -0.0800. The van der Waals surface area contributed by atoms with Gasteiger partial charge in [-0.25, -0.2) is 5.90 Å². The lowest BCUT2D eigenvalue weighted by atomic mass is 10.1. The molecule has 0 aliphatic heterocycles. The highest BCUT2D eigenvalue weighted by molar-refractivity contribution is 4.63. The summed E-state index contributed by atoms with van der Waals surface area (Å²) < 4.78 is 0. The van der Waals surface area contributed by atoms with Gasteiger partial charge in [0.15, 0.2) is 0 Å². The van der Waals surface area contributed by atoms with Crippen molar-refractivity contribution in [2.24, 2.45) is 11.8 Å². The van der Waals surface area contributed by atoms with Crippen LogP contribution in [-0.4, -0.2) is 6.61 Å². The first kappa shape index (κ1) is 6.92. The van der Waals surface area contributed by atoms with Crippen LogP contribution < -0.4 is 5.90 Å². The molecule has 2 heteroatoms. The number of hydrogen-bond donors (Lipinski definition) is 1. The quantitative estimate of drug-likeness (QED) is 0.533. The minimum Gasteiger partial charge on any atom is -0.304 e. The molecule has 0 spiro atoms. The largest absolute Gasteiger partial charge is 0.304 e. The molecule has 2 N–H and O–H groups in total. The van der Waals surface area contributed by atoms with Crippen LogP contribution in [0, 0.1) is 12.3 Å². The molecule has 1 radical (unpaired) electrons. The van der Waals surface area contributed by atoms with Crippen LogP contribution >= 0.6 is 0 Å². The van der Waals surface area contributed by atoms with Crippen LogP contribution in [0.15, 0.2) is 0 Å². The summed E-state index contributed by atoms with van der Waals surface area (Å²) in [6.07, 6.45) is 2.05. The van der Waals surface area contributed by atoms with Crippen molar-refractivity contribution in [2.45, 2.75) is 13.8 Å². The molecule has 0 saturated heterocycles. The first-order chi connectivity index (χ1) is 3.31. The van der Waals surface area contributed by atoms with Gasteiger partial charge in [0, 0.05) is 0 Å². The van der Waals surface area contributed by atoms with E-state index in [4.69, 9.17) is 5.90 Å². The van der Waals surface area contributed by atoms with Crippen LogP contribution in [-0.2, 0) is 4.84 Å². The smallest absolute Gasteiger partial charge is 0.0707 e. The minimum absolute atomic E-state index is 0.477. The van der Waals surface area contributed by atoms with E-state index in [2.05, 4.69) is 4.84 Å². The van der Waals surface area contributed by atoms with Gasteiger partial charge in [-0.1, -0.05) is 13.8 Å². The molecule has 2 nitrogen and oxygen atoms in total. The molecule has 0 heterocycles. The van der Waals surface area contributed by atoms with Crippen LogP contribution in [0.25, 0.3) is 0 Å². The van der Waals surface area contributed by atoms with Gasteiger partial charge in [0.1, 0.15) is 0 Å². The van der Waals surface area contributed by atoms with Gasteiger partial charge in [-0.3, -0.25) is 0 Å². The topological polar surface area (TPSA) is 35.2 Å². The van der Waals surface area contributed by atoms with Crippen molar-refractivity contribution < 1.29 is 4.84 Å². The fourth-order valence-corrected chi connectivity index (χ4v) is 0.248. The molecule has 0 aromatic rings. The zero-order chi connectivity index (χ0) is 5.70. The Morgan fingerprint density at radius 1 is 1.86 bits per heavy atom. The Morgan fingerprint density at radius 2 is 2.43 bits per heavy atom. The molecule has 0 rings (SSSR count). The molecule has 43 valence electrons. The molecule has 0 aliphatic rings. The lowest BCUT2D eigenvalue weighted by Crippen LogP contribution is -2.08. The summed E-state index contributed by atoms with van der Waals surface area (Å²) in [5.74, 6) is 5.26. The van der Waals surface area contributed by atoms with E-state index in [9.17, 15) is 0 Å². The summed E-state index contributed by atoms with van der Waals surface area (Å²) >= 11 is 0. The van der Waals surface area contributed by atoms with Crippen molar-refractivity contribution in [2.75, 3.05) is 6.61 Å². The monoisotopic (exact) mass is 102 g/mol. The van der Waals surface area contributed by atoms with Gasteiger partial charge in [-0.05, 0) is 12.3 Å². The van der Waals surface area contributed by atoms with E-state index in [1.165, 1.54) is 0 Å². The van der Waals surface area contributed by atoms with Crippen LogP contribution in [0.4, 0.5) is 0 Å². The standard InChI is InChI=1S/C5H12NO/c1-3-5(2)4-7-6/h3,5H,4,6H2,1-2H3. The fraction of sp³-hybridized carbons (Fsp3) is 0.800. The molecule has 0 bridgehead atoms. The van der Waals surface area contributed by atoms with Gasteiger partial charge in [0.05, 0.1) is 6.61 Å². The molecular formula is C5H12NO. The van der Waals surface area contributed by atoms with Gasteiger partial charge in [-0.2, -0.15) is 0 Å². The second-order valence-electron chi connectivity index (χ2n) is 1.64. The van der Waals surface area contributed by atoms with E-state index in [1.54, 1.807) is 0 Å². The van der Waals surface area contributed by atoms with Crippen molar-refractivity contribution in [3.8, 4) is 0 Å². The van der Waals surface area contributed by atoms with Crippen molar-refractivity contribution in [3.05, 3.63) is 6.42 Å². The average Bonchev–Trinajstić information content (AvgIpc) is 1.68. The van der Waals surface area contributed by atoms with Gasteiger partial charge >= 0.3 is 0 Å². The third kappa shape index (κ3) is 3.76. The summed E-state index contributed by atoms with van der Waals surface area (Å²) in [6.45, 7) is 4.66. The highest BCUT2D eigenvalue weighted by Crippen LogP contribution is 1.95. The molecule has 1 unspecified atom stereocenters. The minimum atomic E-state index is 0.477. The van der Waals surface area contributed by atoms with E-state index in [0.717, 1.165) is 0 Å². The van der Waals surface area contributed by atoms with Crippen molar-refractivity contribution in [1.82, 2.24) is 0 Å². The fourth-order valence-electron chi connectivity index (χ4n) is 0.248. The summed E-state index contributed by atoms with van der Waals surface area (Å²) in [4.78, 5) is 4.36. The lowest BCUT2D eigenvalue weighted by Gasteiger charge is -2.02. The predicted molar refractivity (Wildman–Crippen MR) is 29.3 cm³/mol. The van der Waals surface area contributed by atoms with Gasteiger partial charge in [0.25, 0.3) is 0 Å². The molecule has 0 saturated carbocycles. The maximum Gasteiger partial charge on any atom is 0.0707 e. The van der Waals surface area contributed by atoms with Crippen LogP contribution in [0.5, 0.6) is 0 Å². The highest BCUT2D eigenvalue weighted by Gasteiger charge is 1.94. The summed E-state index contributed by atoms with van der Waals surface area (Å²) in [5.41, 5.74) is 0. The first-order valence-corrected chi connectivity index (χ1v) is 2.42. The number of rotatable bonds is 3. The van der Waals surface area contributed by atoms with Gasteiger partial charge < -0.3 is 4.84 Å². The third-order valence-corrected chi connectivity index (χ3v) is 0.928. The van der Waals surface area contributed by atoms with E-state index >= 15 is 0 Å². The molecule has 0 aliphatic carbocycles. The Labute approximate surface area is 44.6 Å². The number of nitrogens with two attached hydrogens (primary N) is 1. The molecule has 7 heavy (non-hydrogen) atoms. The highest BCUT2D eigenvalue weighted by atomic mass is 16.6. The van der Waals surface area contributed by atoms with E-state index in [0.29, 0.717) is 12.5 Å².